The first-order chi connectivity index (χ1) is 13.1. The summed E-state index contributed by atoms with van der Waals surface area (Å²) in [4.78, 5) is 21.0. The minimum Gasteiger partial charge on any atom is -0.357 e. The van der Waals surface area contributed by atoms with Gasteiger partial charge in [-0.2, -0.15) is 0 Å². The van der Waals surface area contributed by atoms with Crippen molar-refractivity contribution in [2.45, 2.75) is 46.3 Å². The fraction of sp³-hybridized carbons (Fsp3) is 0.429. The number of hydrogen-bond acceptors (Lipinski definition) is 3. The second-order valence-electron chi connectivity index (χ2n) is 6.80. The molecule has 0 unspecified atom stereocenters. The molecule has 2 aromatic rings. The van der Waals surface area contributed by atoms with Crippen molar-refractivity contribution in [3.05, 3.63) is 57.3 Å². The van der Waals surface area contributed by atoms with Crippen molar-refractivity contribution in [1.82, 2.24) is 15.5 Å². The van der Waals surface area contributed by atoms with Crippen molar-refractivity contribution >= 4 is 47.2 Å². The summed E-state index contributed by atoms with van der Waals surface area (Å²) in [6.07, 6.45) is 1.68. The van der Waals surface area contributed by atoms with Crippen molar-refractivity contribution in [3.63, 3.8) is 0 Å². The molecule has 1 aliphatic heterocycles. The number of nitrogens with one attached hydrogen (secondary N) is 2. The van der Waals surface area contributed by atoms with Crippen molar-refractivity contribution in [2.75, 3.05) is 13.1 Å². The molecule has 2 N–H and O–H groups in total. The van der Waals surface area contributed by atoms with Crippen LogP contribution in [0.2, 0.25) is 0 Å². The molecule has 3 rings (SSSR count). The minimum atomic E-state index is 0. The average Bonchev–Trinajstić information content (AvgIpc) is 3.27. The molecule has 1 saturated heterocycles. The average molecular weight is 512 g/mol. The normalized spacial score (nSPS) is 14.1. The van der Waals surface area contributed by atoms with Gasteiger partial charge in [0, 0.05) is 35.8 Å². The maximum atomic E-state index is 11.7. The Bertz CT molecular complexity index is 788. The fourth-order valence-electron chi connectivity index (χ4n) is 3.10. The lowest BCUT2D eigenvalue weighted by molar-refractivity contribution is -0.128. The molecular weight excluding hydrogens is 483 g/mol. The zero-order valence-electron chi connectivity index (χ0n) is 16.5. The highest BCUT2D eigenvalue weighted by atomic mass is 127. The van der Waals surface area contributed by atoms with Gasteiger partial charge in [0.05, 0.1) is 13.1 Å². The Balaban J connectivity index is 0.00000280. The lowest BCUT2D eigenvalue weighted by Crippen LogP contribution is -2.36. The number of thiophene rings is 1. The number of amides is 1. The van der Waals surface area contributed by atoms with Gasteiger partial charge in [0.2, 0.25) is 5.91 Å². The number of aryl methyl sites for hydroxylation is 1. The Hall–Kier alpha value is -1.61. The van der Waals surface area contributed by atoms with Gasteiger partial charge in [-0.3, -0.25) is 4.79 Å². The maximum absolute atomic E-state index is 11.7. The van der Waals surface area contributed by atoms with Crippen molar-refractivity contribution in [1.29, 1.82) is 0 Å². The number of carbonyl (C=O) groups is 1. The molecule has 152 valence electrons. The lowest BCUT2D eigenvalue weighted by Gasteiger charge is -2.15. The van der Waals surface area contributed by atoms with E-state index in [1.807, 2.05) is 4.90 Å². The van der Waals surface area contributed by atoms with Crippen LogP contribution in [0.25, 0.3) is 0 Å². The van der Waals surface area contributed by atoms with E-state index in [0.717, 1.165) is 37.6 Å². The van der Waals surface area contributed by atoms with Crippen LogP contribution in [-0.4, -0.2) is 29.9 Å². The van der Waals surface area contributed by atoms with E-state index in [0.29, 0.717) is 19.5 Å². The van der Waals surface area contributed by atoms with Crippen LogP contribution in [0.1, 0.15) is 40.6 Å². The first-order valence-corrected chi connectivity index (χ1v) is 10.4. The number of hydrogen-bond donors (Lipinski definition) is 2. The Morgan fingerprint density at radius 3 is 2.50 bits per heavy atom. The Morgan fingerprint density at radius 2 is 1.89 bits per heavy atom. The Kier molecular flexibility index (Phi) is 9.24. The van der Waals surface area contributed by atoms with E-state index in [9.17, 15) is 4.79 Å². The number of aliphatic imine (C=N–C) groups is 1. The third-order valence-electron chi connectivity index (χ3n) is 4.56. The summed E-state index contributed by atoms with van der Waals surface area (Å²) in [6.45, 7) is 8.03. The molecule has 0 saturated carbocycles. The molecular formula is C21H29IN4OS. The predicted octanol–water partition coefficient (Wildman–Crippen LogP) is 4.05. The van der Waals surface area contributed by atoms with Crippen LogP contribution in [0.5, 0.6) is 0 Å². The van der Waals surface area contributed by atoms with E-state index in [1.165, 1.54) is 15.3 Å². The maximum Gasteiger partial charge on any atom is 0.222 e. The van der Waals surface area contributed by atoms with Crippen LogP contribution >= 0.6 is 35.3 Å². The summed E-state index contributed by atoms with van der Waals surface area (Å²) in [5, 5.41) is 6.68. The van der Waals surface area contributed by atoms with Crippen molar-refractivity contribution in [3.8, 4) is 0 Å². The van der Waals surface area contributed by atoms with Crippen LogP contribution in [0, 0.1) is 6.92 Å². The molecule has 1 fully saturated rings. The molecule has 0 aliphatic carbocycles. The number of likely N-dealkylation sites (tertiary alicyclic amines) is 1. The molecule has 2 heterocycles. The molecule has 1 aromatic heterocycles. The smallest absolute Gasteiger partial charge is 0.222 e. The molecule has 1 aliphatic rings. The third-order valence-corrected chi connectivity index (χ3v) is 5.56. The van der Waals surface area contributed by atoms with Gasteiger partial charge >= 0.3 is 0 Å². The molecule has 0 atom stereocenters. The number of halogens is 1. The fourth-order valence-corrected chi connectivity index (χ4v) is 3.93. The zero-order chi connectivity index (χ0) is 19.1. The highest BCUT2D eigenvalue weighted by molar-refractivity contribution is 14.0. The summed E-state index contributed by atoms with van der Waals surface area (Å²) in [5.74, 6) is 1.10. The highest BCUT2D eigenvalue weighted by Crippen LogP contribution is 2.16. The summed E-state index contributed by atoms with van der Waals surface area (Å²) < 4.78 is 0. The molecule has 0 bridgehead atoms. The molecule has 7 heteroatoms. The number of carbonyl (C=O) groups excluding carboxylic acids is 1. The second-order valence-corrected chi connectivity index (χ2v) is 8.17. The van der Waals surface area contributed by atoms with E-state index in [-0.39, 0.29) is 29.9 Å². The number of guanidine groups is 1. The highest BCUT2D eigenvalue weighted by Gasteiger charge is 2.19. The molecule has 28 heavy (non-hydrogen) atoms. The second kappa shape index (κ2) is 11.4. The Labute approximate surface area is 188 Å². The van der Waals surface area contributed by atoms with E-state index in [1.54, 1.807) is 11.3 Å². The molecule has 5 nitrogen and oxygen atoms in total. The van der Waals surface area contributed by atoms with Crippen molar-refractivity contribution < 1.29 is 4.79 Å². The van der Waals surface area contributed by atoms with Crippen LogP contribution < -0.4 is 10.6 Å². The first kappa shape index (κ1) is 22.7. The van der Waals surface area contributed by atoms with Crippen LogP contribution in [0.3, 0.4) is 0 Å². The third kappa shape index (κ3) is 6.77. The van der Waals surface area contributed by atoms with Gasteiger partial charge in [-0.05, 0) is 43.5 Å². The quantitative estimate of drug-likeness (QED) is 0.335. The standard InChI is InChI=1S/C21H28N4OS.HI/c1-3-22-21(24-14-19-11-6-16(2)27-19)23-13-17-7-9-18(10-8-17)15-25-12-4-5-20(25)26;/h6-11H,3-5,12-15H2,1-2H3,(H2,22,23,24);1H. The summed E-state index contributed by atoms with van der Waals surface area (Å²) >= 11 is 1.80. The molecule has 1 amide bonds. The topological polar surface area (TPSA) is 56.7 Å². The molecule has 1 aromatic carbocycles. The Morgan fingerprint density at radius 1 is 1.14 bits per heavy atom. The molecule has 0 radical (unpaired) electrons. The largest absolute Gasteiger partial charge is 0.357 e. The van der Waals surface area contributed by atoms with Gasteiger partial charge in [-0.1, -0.05) is 24.3 Å². The van der Waals surface area contributed by atoms with Gasteiger partial charge in [-0.15, -0.1) is 35.3 Å². The van der Waals surface area contributed by atoms with E-state index >= 15 is 0 Å². The summed E-state index contributed by atoms with van der Waals surface area (Å²) in [5.41, 5.74) is 2.34. The number of benzene rings is 1. The van der Waals surface area contributed by atoms with E-state index in [2.05, 4.69) is 65.9 Å². The van der Waals surface area contributed by atoms with E-state index in [4.69, 9.17) is 0 Å². The monoisotopic (exact) mass is 512 g/mol. The number of nitrogens with zero attached hydrogens (tertiary/aromatic N) is 2. The lowest BCUT2D eigenvalue weighted by atomic mass is 10.1. The van der Waals surface area contributed by atoms with Gasteiger partial charge < -0.3 is 15.5 Å². The first-order valence-electron chi connectivity index (χ1n) is 9.57. The van der Waals surface area contributed by atoms with Gasteiger partial charge in [0.25, 0.3) is 0 Å². The van der Waals surface area contributed by atoms with Crippen molar-refractivity contribution in [2.24, 2.45) is 4.99 Å². The SMILES string of the molecule is CCNC(=NCc1ccc(CN2CCCC2=O)cc1)NCc1ccc(C)s1.I. The molecule has 0 spiro atoms. The van der Waals surface area contributed by atoms with Crippen LogP contribution in [0.15, 0.2) is 41.4 Å². The van der Waals surface area contributed by atoms with Crippen LogP contribution in [-0.2, 0) is 24.4 Å². The zero-order valence-corrected chi connectivity index (χ0v) is 19.7. The van der Waals surface area contributed by atoms with Gasteiger partial charge in [-0.25, -0.2) is 4.99 Å². The van der Waals surface area contributed by atoms with E-state index < -0.39 is 0 Å². The summed E-state index contributed by atoms with van der Waals surface area (Å²) in [7, 11) is 0. The predicted molar refractivity (Wildman–Crippen MR) is 127 cm³/mol. The number of rotatable bonds is 7. The summed E-state index contributed by atoms with van der Waals surface area (Å²) in [6, 6.07) is 12.7. The minimum absolute atomic E-state index is 0. The van der Waals surface area contributed by atoms with Crippen LogP contribution in [0.4, 0.5) is 0 Å². The van der Waals surface area contributed by atoms with Gasteiger partial charge in [0.1, 0.15) is 0 Å². The van der Waals surface area contributed by atoms with Gasteiger partial charge in [0.15, 0.2) is 5.96 Å².